The Bertz CT molecular complexity index is 859. The molecule has 8 nitrogen and oxygen atoms in total. The first-order valence-corrected chi connectivity index (χ1v) is 8.95. The van der Waals surface area contributed by atoms with Crippen LogP contribution in [0.25, 0.3) is 0 Å². The lowest BCUT2D eigenvalue weighted by molar-refractivity contribution is -0.120. The molecule has 0 spiro atoms. The number of nitrogens with zero attached hydrogens (tertiary/aromatic N) is 2. The van der Waals surface area contributed by atoms with Gasteiger partial charge in [-0.3, -0.25) is 9.59 Å². The van der Waals surface area contributed by atoms with Crippen LogP contribution in [0.2, 0.25) is 0 Å². The third kappa shape index (κ3) is 3.89. The lowest BCUT2D eigenvalue weighted by Crippen LogP contribution is -2.25. The van der Waals surface area contributed by atoms with Crippen LogP contribution in [0.1, 0.15) is 50.3 Å². The number of carbonyl (C=O) groups is 2. The molecule has 0 bridgehead atoms. The molecule has 0 saturated carbocycles. The number of hydrogen-bond donors (Lipinski definition) is 2. The maximum atomic E-state index is 12.3. The van der Waals surface area contributed by atoms with Crippen molar-refractivity contribution in [2.24, 2.45) is 5.73 Å². The molecule has 27 heavy (non-hydrogen) atoms. The summed E-state index contributed by atoms with van der Waals surface area (Å²) in [6.07, 6.45) is 2.13. The molecular weight excluding hydrogens is 348 g/mol. The van der Waals surface area contributed by atoms with Gasteiger partial charge in [0.25, 0.3) is 5.91 Å². The SMILES string of the molecule is CCOc1cc(C2CC(=O)Nc3c2cnn3C(C)C)ccc1OCC(N)=O. The number of fused-ring (bicyclic) bond motifs is 1. The van der Waals surface area contributed by atoms with E-state index in [1.807, 2.05) is 37.6 Å². The minimum atomic E-state index is -0.559. The molecule has 1 aromatic heterocycles. The van der Waals surface area contributed by atoms with Gasteiger partial charge in [-0.25, -0.2) is 4.68 Å². The van der Waals surface area contributed by atoms with Gasteiger partial charge in [0.15, 0.2) is 18.1 Å². The molecule has 1 aromatic carbocycles. The normalized spacial score (nSPS) is 16.0. The summed E-state index contributed by atoms with van der Waals surface area (Å²) in [4.78, 5) is 23.3. The molecule has 0 fully saturated rings. The van der Waals surface area contributed by atoms with Crippen molar-refractivity contribution < 1.29 is 19.1 Å². The number of carbonyl (C=O) groups excluding carboxylic acids is 2. The molecule has 8 heteroatoms. The second-order valence-electron chi connectivity index (χ2n) is 6.69. The average molecular weight is 372 g/mol. The number of anilines is 1. The number of benzene rings is 1. The van der Waals surface area contributed by atoms with Crippen molar-refractivity contribution >= 4 is 17.6 Å². The van der Waals surface area contributed by atoms with E-state index >= 15 is 0 Å². The monoisotopic (exact) mass is 372 g/mol. The predicted molar refractivity (Wildman–Crippen MR) is 100 cm³/mol. The van der Waals surface area contributed by atoms with Gasteiger partial charge in [-0.15, -0.1) is 0 Å². The highest BCUT2D eigenvalue weighted by Crippen LogP contribution is 2.40. The predicted octanol–water partition coefficient (Wildman–Crippen LogP) is 2.20. The van der Waals surface area contributed by atoms with Crippen molar-refractivity contribution in [1.82, 2.24) is 9.78 Å². The lowest BCUT2D eigenvalue weighted by Gasteiger charge is -2.25. The Morgan fingerprint density at radius 3 is 2.81 bits per heavy atom. The molecule has 1 aliphatic rings. The molecule has 1 unspecified atom stereocenters. The molecule has 2 aromatic rings. The fourth-order valence-corrected chi connectivity index (χ4v) is 3.21. The first kappa shape index (κ1) is 18.8. The second-order valence-corrected chi connectivity index (χ2v) is 6.69. The summed E-state index contributed by atoms with van der Waals surface area (Å²) in [5.74, 6) is 0.944. The summed E-state index contributed by atoms with van der Waals surface area (Å²) in [7, 11) is 0. The molecule has 0 radical (unpaired) electrons. The van der Waals surface area contributed by atoms with Crippen LogP contribution in [-0.4, -0.2) is 34.8 Å². The standard InChI is InChI=1S/C19H24N4O4/c1-4-26-16-7-12(5-6-15(16)27-10-17(20)24)13-8-18(25)22-19-14(13)9-21-23(19)11(2)3/h5-7,9,11,13H,4,8,10H2,1-3H3,(H2,20,24)(H,22,25). The Hall–Kier alpha value is -3.03. The molecule has 3 N–H and O–H groups in total. The van der Waals surface area contributed by atoms with Crippen LogP contribution < -0.4 is 20.5 Å². The summed E-state index contributed by atoms with van der Waals surface area (Å²) >= 11 is 0. The lowest BCUT2D eigenvalue weighted by atomic mass is 9.87. The largest absolute Gasteiger partial charge is 0.490 e. The van der Waals surface area contributed by atoms with Crippen molar-refractivity contribution in [3.63, 3.8) is 0 Å². The second kappa shape index (κ2) is 7.69. The number of amides is 2. The minimum Gasteiger partial charge on any atom is -0.490 e. The first-order valence-electron chi connectivity index (χ1n) is 8.95. The number of rotatable bonds is 7. The Balaban J connectivity index is 1.98. The molecular formula is C19H24N4O4. The summed E-state index contributed by atoms with van der Waals surface area (Å²) in [6, 6.07) is 5.59. The summed E-state index contributed by atoms with van der Waals surface area (Å²) in [5.41, 5.74) is 7.04. The van der Waals surface area contributed by atoms with Crippen LogP contribution in [0.3, 0.4) is 0 Å². The Labute approximate surface area is 157 Å². The van der Waals surface area contributed by atoms with E-state index in [1.165, 1.54) is 0 Å². The quantitative estimate of drug-likeness (QED) is 0.774. The Morgan fingerprint density at radius 2 is 2.15 bits per heavy atom. The molecule has 2 amide bonds. The maximum Gasteiger partial charge on any atom is 0.255 e. The highest BCUT2D eigenvalue weighted by molar-refractivity contribution is 5.94. The van der Waals surface area contributed by atoms with E-state index in [4.69, 9.17) is 15.2 Å². The van der Waals surface area contributed by atoms with E-state index in [9.17, 15) is 9.59 Å². The van der Waals surface area contributed by atoms with Crippen LogP contribution in [0.4, 0.5) is 5.82 Å². The van der Waals surface area contributed by atoms with Gasteiger partial charge in [0.05, 0.1) is 12.8 Å². The van der Waals surface area contributed by atoms with E-state index in [0.29, 0.717) is 24.5 Å². The molecule has 0 saturated heterocycles. The third-order valence-corrected chi connectivity index (χ3v) is 4.38. The zero-order valence-corrected chi connectivity index (χ0v) is 15.7. The van der Waals surface area contributed by atoms with Gasteiger partial charge < -0.3 is 20.5 Å². The van der Waals surface area contributed by atoms with Crippen LogP contribution in [0, 0.1) is 0 Å². The van der Waals surface area contributed by atoms with Crippen LogP contribution in [-0.2, 0) is 9.59 Å². The fourth-order valence-electron chi connectivity index (χ4n) is 3.21. The number of ether oxygens (including phenoxy) is 2. The van der Waals surface area contributed by atoms with Crippen LogP contribution >= 0.6 is 0 Å². The molecule has 1 aliphatic heterocycles. The van der Waals surface area contributed by atoms with Crippen molar-refractivity contribution in [3.05, 3.63) is 35.5 Å². The summed E-state index contributed by atoms with van der Waals surface area (Å²) in [6.45, 7) is 6.11. The van der Waals surface area contributed by atoms with E-state index < -0.39 is 5.91 Å². The van der Waals surface area contributed by atoms with Crippen molar-refractivity contribution in [2.75, 3.05) is 18.5 Å². The fraction of sp³-hybridized carbons (Fsp3) is 0.421. The van der Waals surface area contributed by atoms with Crippen LogP contribution in [0.5, 0.6) is 11.5 Å². The van der Waals surface area contributed by atoms with Gasteiger partial charge >= 0.3 is 0 Å². The number of aromatic nitrogens is 2. The van der Waals surface area contributed by atoms with Crippen molar-refractivity contribution in [1.29, 1.82) is 0 Å². The zero-order chi connectivity index (χ0) is 19.6. The van der Waals surface area contributed by atoms with Crippen LogP contribution in [0.15, 0.2) is 24.4 Å². The van der Waals surface area contributed by atoms with Gasteiger partial charge in [-0.05, 0) is 38.5 Å². The van der Waals surface area contributed by atoms with Crippen molar-refractivity contribution in [2.45, 2.75) is 39.2 Å². The first-order chi connectivity index (χ1) is 12.9. The number of nitrogens with one attached hydrogen (secondary N) is 1. The highest BCUT2D eigenvalue weighted by atomic mass is 16.5. The topological polar surface area (TPSA) is 108 Å². The van der Waals surface area contributed by atoms with Gasteiger partial charge in [0.1, 0.15) is 5.82 Å². The zero-order valence-electron chi connectivity index (χ0n) is 15.7. The smallest absolute Gasteiger partial charge is 0.255 e. The molecule has 1 atom stereocenters. The Kier molecular flexibility index (Phi) is 5.34. The molecule has 2 heterocycles. The average Bonchev–Trinajstić information content (AvgIpc) is 3.04. The van der Waals surface area contributed by atoms with E-state index in [-0.39, 0.29) is 24.5 Å². The summed E-state index contributed by atoms with van der Waals surface area (Å²) < 4.78 is 12.9. The molecule has 0 aliphatic carbocycles. The third-order valence-electron chi connectivity index (χ3n) is 4.38. The number of nitrogens with two attached hydrogens (primary N) is 1. The molecule has 3 rings (SSSR count). The highest BCUT2D eigenvalue weighted by Gasteiger charge is 2.31. The van der Waals surface area contributed by atoms with Crippen molar-refractivity contribution in [3.8, 4) is 11.5 Å². The van der Waals surface area contributed by atoms with Gasteiger partial charge in [0.2, 0.25) is 5.91 Å². The minimum absolute atomic E-state index is 0.0538. The number of primary amides is 1. The maximum absolute atomic E-state index is 12.3. The molecule has 144 valence electrons. The van der Waals surface area contributed by atoms with Gasteiger partial charge in [-0.1, -0.05) is 6.07 Å². The van der Waals surface area contributed by atoms with Gasteiger partial charge in [0, 0.05) is 23.9 Å². The van der Waals surface area contributed by atoms with E-state index in [2.05, 4.69) is 10.4 Å². The van der Waals surface area contributed by atoms with E-state index in [0.717, 1.165) is 16.9 Å². The van der Waals surface area contributed by atoms with E-state index in [1.54, 1.807) is 12.3 Å². The Morgan fingerprint density at radius 1 is 1.37 bits per heavy atom. The number of hydrogen-bond acceptors (Lipinski definition) is 5. The van der Waals surface area contributed by atoms with Gasteiger partial charge in [-0.2, -0.15) is 5.10 Å². The summed E-state index contributed by atoms with van der Waals surface area (Å²) in [5, 5.41) is 7.35.